The Bertz CT molecular complexity index is 203. The van der Waals surface area contributed by atoms with Crippen molar-refractivity contribution in [1.29, 1.82) is 0 Å². The van der Waals surface area contributed by atoms with Gasteiger partial charge in [0.25, 0.3) is 0 Å². The van der Waals surface area contributed by atoms with Gasteiger partial charge in [-0.25, -0.2) is 0 Å². The smallest absolute Gasteiger partial charge is 0.222 e. The van der Waals surface area contributed by atoms with E-state index >= 15 is 0 Å². The van der Waals surface area contributed by atoms with Gasteiger partial charge in [-0.1, -0.05) is 25.0 Å². The van der Waals surface area contributed by atoms with E-state index in [4.69, 9.17) is 11.6 Å². The lowest BCUT2D eigenvalue weighted by Crippen LogP contribution is -2.32. The van der Waals surface area contributed by atoms with E-state index in [0.717, 1.165) is 25.9 Å². The molecule has 1 amide bonds. The van der Waals surface area contributed by atoms with Crippen LogP contribution in [-0.2, 0) is 4.79 Å². The maximum atomic E-state index is 11.6. The first-order chi connectivity index (χ1) is 6.84. The lowest BCUT2D eigenvalue weighted by atomic mass is 10.1. The molecule has 0 radical (unpaired) electrons. The average Bonchev–Trinajstić information content (AvgIpc) is 2.17. The molecule has 0 aliphatic carbocycles. The highest BCUT2D eigenvalue weighted by atomic mass is 35.5. The summed E-state index contributed by atoms with van der Waals surface area (Å²) in [5.74, 6) is 0.825. The topological polar surface area (TPSA) is 20.3 Å². The molecule has 1 rings (SSSR count). The van der Waals surface area contributed by atoms with Crippen LogP contribution < -0.4 is 0 Å². The second kappa shape index (κ2) is 6.88. The molecule has 0 saturated carbocycles. The zero-order chi connectivity index (χ0) is 10.2. The molecule has 1 aliphatic heterocycles. The molecule has 0 N–H and O–H groups in total. The number of amides is 1. The van der Waals surface area contributed by atoms with Gasteiger partial charge in [0.2, 0.25) is 5.91 Å². The number of likely N-dealkylation sites (tertiary alicyclic amines) is 1. The highest BCUT2D eigenvalue weighted by molar-refractivity contribution is 6.18. The van der Waals surface area contributed by atoms with Gasteiger partial charge in [-0.05, 0) is 12.8 Å². The van der Waals surface area contributed by atoms with Crippen molar-refractivity contribution in [3.8, 4) is 0 Å². The van der Waals surface area contributed by atoms with Crippen LogP contribution in [0.5, 0.6) is 0 Å². The van der Waals surface area contributed by atoms with Crippen molar-refractivity contribution in [3.63, 3.8) is 0 Å². The number of rotatable bonds is 3. The summed E-state index contributed by atoms with van der Waals surface area (Å²) in [5.41, 5.74) is 0. The van der Waals surface area contributed by atoms with Crippen molar-refractivity contribution in [2.24, 2.45) is 0 Å². The molecule has 1 saturated heterocycles. The maximum Gasteiger partial charge on any atom is 0.222 e. The minimum atomic E-state index is 0.295. The van der Waals surface area contributed by atoms with Gasteiger partial charge in [-0.2, -0.15) is 0 Å². The van der Waals surface area contributed by atoms with Gasteiger partial charge in [0.05, 0.1) is 0 Å². The molecular formula is C11H18ClNO. The molecule has 0 bridgehead atoms. The van der Waals surface area contributed by atoms with E-state index in [-0.39, 0.29) is 0 Å². The van der Waals surface area contributed by atoms with Gasteiger partial charge in [0, 0.05) is 25.4 Å². The fourth-order valence-electron chi connectivity index (χ4n) is 1.67. The van der Waals surface area contributed by atoms with E-state index in [1.54, 1.807) is 0 Å². The Morgan fingerprint density at radius 2 is 2.00 bits per heavy atom. The van der Waals surface area contributed by atoms with Crippen LogP contribution in [0.3, 0.4) is 0 Å². The van der Waals surface area contributed by atoms with Gasteiger partial charge < -0.3 is 4.90 Å². The van der Waals surface area contributed by atoms with Crippen LogP contribution in [-0.4, -0.2) is 29.8 Å². The first-order valence-electron chi connectivity index (χ1n) is 5.33. The van der Waals surface area contributed by atoms with E-state index in [0.29, 0.717) is 18.2 Å². The minimum Gasteiger partial charge on any atom is -0.339 e. The Hall–Kier alpha value is -0.500. The molecular weight excluding hydrogens is 198 g/mol. The van der Waals surface area contributed by atoms with Crippen LogP contribution in [0.25, 0.3) is 0 Å². The SMILES string of the molecule is O=C1CCCCCCN1C/C=C/CCl. The third kappa shape index (κ3) is 4.14. The van der Waals surface area contributed by atoms with Crippen LogP contribution in [0, 0.1) is 0 Å². The summed E-state index contributed by atoms with van der Waals surface area (Å²) in [7, 11) is 0. The molecule has 0 aromatic rings. The van der Waals surface area contributed by atoms with Gasteiger partial charge >= 0.3 is 0 Å². The van der Waals surface area contributed by atoms with Gasteiger partial charge in [-0.3, -0.25) is 4.79 Å². The molecule has 0 unspecified atom stereocenters. The molecule has 0 spiro atoms. The van der Waals surface area contributed by atoms with Crippen LogP contribution >= 0.6 is 11.6 Å². The normalized spacial score (nSPS) is 19.8. The highest BCUT2D eigenvalue weighted by Gasteiger charge is 2.13. The first kappa shape index (κ1) is 11.6. The zero-order valence-corrected chi connectivity index (χ0v) is 9.30. The highest BCUT2D eigenvalue weighted by Crippen LogP contribution is 2.11. The van der Waals surface area contributed by atoms with Crippen LogP contribution in [0.4, 0.5) is 0 Å². The molecule has 0 aromatic heterocycles. The quantitative estimate of drug-likeness (QED) is 0.524. The van der Waals surface area contributed by atoms with Gasteiger partial charge in [-0.15, -0.1) is 11.6 Å². The lowest BCUT2D eigenvalue weighted by Gasteiger charge is -2.23. The lowest BCUT2D eigenvalue weighted by molar-refractivity contribution is -0.131. The van der Waals surface area contributed by atoms with E-state index in [9.17, 15) is 4.79 Å². The van der Waals surface area contributed by atoms with E-state index < -0.39 is 0 Å². The molecule has 1 heterocycles. The second-order valence-electron chi connectivity index (χ2n) is 3.63. The predicted molar refractivity (Wildman–Crippen MR) is 59.5 cm³/mol. The molecule has 0 aromatic carbocycles. The fourth-order valence-corrected chi connectivity index (χ4v) is 1.80. The minimum absolute atomic E-state index is 0.295. The summed E-state index contributed by atoms with van der Waals surface area (Å²) in [6, 6.07) is 0. The monoisotopic (exact) mass is 215 g/mol. The van der Waals surface area contributed by atoms with Crippen LogP contribution in [0.1, 0.15) is 32.1 Å². The zero-order valence-electron chi connectivity index (χ0n) is 8.54. The van der Waals surface area contributed by atoms with E-state index in [2.05, 4.69) is 0 Å². The van der Waals surface area contributed by atoms with Crippen LogP contribution in [0.2, 0.25) is 0 Å². The number of nitrogens with zero attached hydrogens (tertiary/aromatic N) is 1. The first-order valence-corrected chi connectivity index (χ1v) is 5.87. The molecule has 1 aliphatic rings. The summed E-state index contributed by atoms with van der Waals surface area (Å²) < 4.78 is 0. The third-order valence-corrected chi connectivity index (χ3v) is 2.68. The standard InChI is InChI=1S/C11H18ClNO/c12-8-4-6-10-13-9-5-2-1-3-7-11(13)14/h4,6H,1-3,5,7-10H2/b6-4+. The Labute approximate surface area is 90.9 Å². The summed E-state index contributed by atoms with van der Waals surface area (Å²) in [4.78, 5) is 13.6. The van der Waals surface area contributed by atoms with Crippen molar-refractivity contribution in [1.82, 2.24) is 4.90 Å². The van der Waals surface area contributed by atoms with Crippen molar-refractivity contribution in [2.75, 3.05) is 19.0 Å². The number of carbonyl (C=O) groups is 1. The summed E-state index contributed by atoms with van der Waals surface area (Å²) in [5, 5.41) is 0. The summed E-state index contributed by atoms with van der Waals surface area (Å²) in [6.45, 7) is 1.64. The van der Waals surface area contributed by atoms with Crippen molar-refractivity contribution < 1.29 is 4.79 Å². The number of halogens is 1. The van der Waals surface area contributed by atoms with Crippen molar-refractivity contribution >= 4 is 17.5 Å². The number of allylic oxidation sites excluding steroid dienone is 1. The Balaban J connectivity index is 2.37. The van der Waals surface area contributed by atoms with Gasteiger partial charge in [0.15, 0.2) is 0 Å². The number of carbonyl (C=O) groups excluding carboxylic acids is 1. The second-order valence-corrected chi connectivity index (χ2v) is 3.94. The molecule has 1 fully saturated rings. The maximum absolute atomic E-state index is 11.6. The van der Waals surface area contributed by atoms with Crippen LogP contribution in [0.15, 0.2) is 12.2 Å². The fraction of sp³-hybridized carbons (Fsp3) is 0.727. The van der Waals surface area contributed by atoms with Gasteiger partial charge in [0.1, 0.15) is 0 Å². The van der Waals surface area contributed by atoms with Crippen molar-refractivity contribution in [2.45, 2.75) is 32.1 Å². The third-order valence-electron chi connectivity index (χ3n) is 2.50. The Morgan fingerprint density at radius 1 is 1.21 bits per heavy atom. The average molecular weight is 216 g/mol. The predicted octanol–water partition coefficient (Wildman–Crippen LogP) is 2.57. The molecule has 2 nitrogen and oxygen atoms in total. The van der Waals surface area contributed by atoms with E-state index in [1.165, 1.54) is 12.8 Å². The Kier molecular flexibility index (Phi) is 5.69. The summed E-state index contributed by atoms with van der Waals surface area (Å²) in [6.07, 6.45) is 9.24. The largest absolute Gasteiger partial charge is 0.339 e. The molecule has 80 valence electrons. The summed E-state index contributed by atoms with van der Waals surface area (Å²) >= 11 is 5.52. The molecule has 14 heavy (non-hydrogen) atoms. The molecule has 3 heteroatoms. The van der Waals surface area contributed by atoms with Crippen molar-refractivity contribution in [3.05, 3.63) is 12.2 Å². The number of hydrogen-bond donors (Lipinski definition) is 0. The van der Waals surface area contributed by atoms with E-state index in [1.807, 2.05) is 17.1 Å². The number of alkyl halides is 1. The molecule has 0 atom stereocenters. The Morgan fingerprint density at radius 3 is 2.79 bits per heavy atom. The number of hydrogen-bond acceptors (Lipinski definition) is 1.